The van der Waals surface area contributed by atoms with Gasteiger partial charge in [0.15, 0.2) is 6.39 Å². The molecule has 0 aliphatic rings. The van der Waals surface area contributed by atoms with Crippen LogP contribution < -0.4 is 0 Å². The van der Waals surface area contributed by atoms with Gasteiger partial charge in [0.25, 0.3) is 0 Å². The third kappa shape index (κ3) is 2.36. The van der Waals surface area contributed by atoms with Crippen LogP contribution in [0.2, 0.25) is 0 Å². The first-order valence-electron chi connectivity index (χ1n) is 4.65. The second kappa shape index (κ2) is 4.44. The molecule has 0 spiro atoms. The number of hydrogen-bond acceptors (Lipinski definition) is 3. The summed E-state index contributed by atoms with van der Waals surface area (Å²) in [5.74, 6) is -0.934. The summed E-state index contributed by atoms with van der Waals surface area (Å²) in [6.07, 6.45) is 6.39. The number of oxazole rings is 1. The first-order valence-corrected chi connectivity index (χ1v) is 4.65. The molecule has 2 aromatic rings. The Balaban J connectivity index is 2.22. The van der Waals surface area contributed by atoms with Crippen molar-refractivity contribution in [2.75, 3.05) is 0 Å². The first-order chi connectivity index (χ1) is 7.75. The summed E-state index contributed by atoms with van der Waals surface area (Å²) >= 11 is 0. The average molecular weight is 215 g/mol. The zero-order chi connectivity index (χ0) is 11.4. The van der Waals surface area contributed by atoms with Crippen molar-refractivity contribution in [3.05, 3.63) is 53.7 Å². The van der Waals surface area contributed by atoms with Crippen molar-refractivity contribution in [2.45, 2.75) is 0 Å². The summed E-state index contributed by atoms with van der Waals surface area (Å²) in [5, 5.41) is 8.81. The van der Waals surface area contributed by atoms with Crippen LogP contribution >= 0.6 is 0 Å². The van der Waals surface area contributed by atoms with Crippen LogP contribution in [0, 0.1) is 0 Å². The molecule has 0 radical (unpaired) electrons. The van der Waals surface area contributed by atoms with Gasteiger partial charge in [-0.15, -0.1) is 0 Å². The van der Waals surface area contributed by atoms with Crippen LogP contribution in [0.3, 0.4) is 0 Å². The molecule has 0 bridgehead atoms. The lowest BCUT2D eigenvalue weighted by atomic mass is 10.1. The number of carboxylic acids is 1. The van der Waals surface area contributed by atoms with E-state index in [9.17, 15) is 4.79 Å². The summed E-state index contributed by atoms with van der Waals surface area (Å²) in [5.41, 5.74) is 1.77. The molecule has 1 aromatic heterocycles. The van der Waals surface area contributed by atoms with Crippen LogP contribution in [0.15, 0.2) is 41.3 Å². The number of rotatable bonds is 3. The Morgan fingerprint density at radius 3 is 2.94 bits per heavy atom. The first kappa shape index (κ1) is 10.2. The Hall–Kier alpha value is -2.36. The van der Waals surface area contributed by atoms with Crippen LogP contribution in [-0.4, -0.2) is 16.1 Å². The van der Waals surface area contributed by atoms with E-state index in [0.29, 0.717) is 5.69 Å². The van der Waals surface area contributed by atoms with E-state index in [-0.39, 0.29) is 5.56 Å². The van der Waals surface area contributed by atoms with E-state index in [2.05, 4.69) is 4.98 Å². The largest absolute Gasteiger partial charge is 0.478 e. The molecule has 0 atom stereocenters. The molecule has 0 aliphatic carbocycles. The SMILES string of the molecule is O=C(O)c1cccc(C=Cc2cocn2)c1. The number of hydrogen-bond donors (Lipinski definition) is 1. The van der Waals surface area contributed by atoms with Gasteiger partial charge in [0.1, 0.15) is 12.0 Å². The molecule has 16 heavy (non-hydrogen) atoms. The Morgan fingerprint density at radius 2 is 2.25 bits per heavy atom. The van der Waals surface area contributed by atoms with Gasteiger partial charge in [0, 0.05) is 0 Å². The lowest BCUT2D eigenvalue weighted by Crippen LogP contribution is -1.95. The third-order valence-electron chi connectivity index (χ3n) is 2.03. The molecule has 0 fully saturated rings. The normalized spacial score (nSPS) is 10.8. The highest BCUT2D eigenvalue weighted by Gasteiger charge is 2.01. The van der Waals surface area contributed by atoms with Gasteiger partial charge in [-0.3, -0.25) is 0 Å². The molecule has 1 aromatic carbocycles. The summed E-state index contributed by atoms with van der Waals surface area (Å²) in [4.78, 5) is 14.7. The Labute approximate surface area is 91.9 Å². The van der Waals surface area contributed by atoms with E-state index >= 15 is 0 Å². The molecule has 1 heterocycles. The molecule has 4 heteroatoms. The van der Waals surface area contributed by atoms with E-state index in [4.69, 9.17) is 9.52 Å². The Morgan fingerprint density at radius 1 is 1.38 bits per heavy atom. The minimum atomic E-state index is -0.934. The molecule has 80 valence electrons. The van der Waals surface area contributed by atoms with Crippen molar-refractivity contribution in [3.8, 4) is 0 Å². The lowest BCUT2D eigenvalue weighted by molar-refractivity contribution is 0.0697. The number of benzene rings is 1. The molecule has 1 N–H and O–H groups in total. The average Bonchev–Trinajstić information content (AvgIpc) is 2.79. The maximum atomic E-state index is 10.7. The predicted molar refractivity (Wildman–Crippen MR) is 58.8 cm³/mol. The summed E-state index contributed by atoms with van der Waals surface area (Å²) in [7, 11) is 0. The fourth-order valence-electron chi connectivity index (χ4n) is 1.26. The van der Waals surface area contributed by atoms with Gasteiger partial charge >= 0.3 is 5.97 Å². The number of carbonyl (C=O) groups is 1. The summed E-state index contributed by atoms with van der Waals surface area (Å²) in [6, 6.07) is 6.67. The highest BCUT2D eigenvalue weighted by molar-refractivity contribution is 5.88. The van der Waals surface area contributed by atoms with Gasteiger partial charge < -0.3 is 9.52 Å². The number of nitrogens with zero attached hydrogens (tertiary/aromatic N) is 1. The molecule has 0 saturated heterocycles. The van der Waals surface area contributed by atoms with E-state index < -0.39 is 5.97 Å². The fourth-order valence-corrected chi connectivity index (χ4v) is 1.26. The second-order valence-electron chi connectivity index (χ2n) is 3.18. The fraction of sp³-hybridized carbons (Fsp3) is 0. The molecule has 0 unspecified atom stereocenters. The minimum absolute atomic E-state index is 0.266. The van der Waals surface area contributed by atoms with Gasteiger partial charge in [-0.2, -0.15) is 0 Å². The van der Waals surface area contributed by atoms with Crippen LogP contribution in [0.1, 0.15) is 21.6 Å². The minimum Gasteiger partial charge on any atom is -0.478 e. The summed E-state index contributed by atoms with van der Waals surface area (Å²) < 4.78 is 4.81. The van der Waals surface area contributed by atoms with Crippen molar-refractivity contribution in [2.24, 2.45) is 0 Å². The van der Waals surface area contributed by atoms with Gasteiger partial charge in [0.2, 0.25) is 0 Å². The van der Waals surface area contributed by atoms with Gasteiger partial charge in [-0.1, -0.05) is 18.2 Å². The lowest BCUT2D eigenvalue weighted by Gasteiger charge is -1.95. The van der Waals surface area contributed by atoms with Crippen molar-refractivity contribution in [1.29, 1.82) is 0 Å². The predicted octanol–water partition coefficient (Wildman–Crippen LogP) is 2.54. The smallest absolute Gasteiger partial charge is 0.335 e. The third-order valence-corrected chi connectivity index (χ3v) is 2.03. The summed E-state index contributed by atoms with van der Waals surface area (Å²) in [6.45, 7) is 0. The molecular weight excluding hydrogens is 206 g/mol. The molecule has 0 amide bonds. The quantitative estimate of drug-likeness (QED) is 0.854. The van der Waals surface area contributed by atoms with Crippen molar-refractivity contribution in [1.82, 2.24) is 4.98 Å². The zero-order valence-electron chi connectivity index (χ0n) is 8.33. The van der Waals surface area contributed by atoms with Gasteiger partial charge in [-0.05, 0) is 23.8 Å². The van der Waals surface area contributed by atoms with Crippen LogP contribution in [0.25, 0.3) is 12.2 Å². The van der Waals surface area contributed by atoms with E-state index in [1.807, 2.05) is 6.07 Å². The monoisotopic (exact) mass is 215 g/mol. The highest BCUT2D eigenvalue weighted by Crippen LogP contribution is 2.09. The van der Waals surface area contributed by atoms with Crippen molar-refractivity contribution in [3.63, 3.8) is 0 Å². The highest BCUT2D eigenvalue weighted by atomic mass is 16.4. The number of aromatic nitrogens is 1. The standard InChI is InChI=1S/C12H9NO3/c14-12(15)10-3-1-2-9(6-10)4-5-11-7-16-8-13-11/h1-8H,(H,14,15). The molecule has 2 rings (SSSR count). The topological polar surface area (TPSA) is 63.3 Å². The van der Waals surface area contributed by atoms with E-state index in [1.54, 1.807) is 30.4 Å². The molecule has 4 nitrogen and oxygen atoms in total. The zero-order valence-corrected chi connectivity index (χ0v) is 8.33. The Bertz CT molecular complexity index is 515. The maximum Gasteiger partial charge on any atom is 0.335 e. The van der Waals surface area contributed by atoms with Crippen molar-refractivity contribution >= 4 is 18.1 Å². The van der Waals surface area contributed by atoms with Crippen LogP contribution in [0.5, 0.6) is 0 Å². The van der Waals surface area contributed by atoms with Crippen LogP contribution in [-0.2, 0) is 0 Å². The van der Waals surface area contributed by atoms with Gasteiger partial charge in [-0.25, -0.2) is 9.78 Å². The maximum absolute atomic E-state index is 10.7. The van der Waals surface area contributed by atoms with E-state index in [1.165, 1.54) is 12.7 Å². The number of aromatic carboxylic acids is 1. The van der Waals surface area contributed by atoms with E-state index in [0.717, 1.165) is 5.56 Å². The van der Waals surface area contributed by atoms with Gasteiger partial charge in [0.05, 0.1) is 5.56 Å². The van der Waals surface area contributed by atoms with Crippen molar-refractivity contribution < 1.29 is 14.3 Å². The molecule has 0 saturated carbocycles. The number of carboxylic acid groups (broad SMARTS) is 1. The van der Waals surface area contributed by atoms with Crippen LogP contribution in [0.4, 0.5) is 0 Å². The molecule has 0 aliphatic heterocycles. The second-order valence-corrected chi connectivity index (χ2v) is 3.18. The Kier molecular flexibility index (Phi) is 2.82. The molecular formula is C12H9NO3.